The molecule has 0 aromatic carbocycles. The van der Waals surface area contributed by atoms with Crippen molar-refractivity contribution in [1.82, 2.24) is 24.9 Å². The maximum Gasteiger partial charge on any atom is 0.243 e. The highest BCUT2D eigenvalue weighted by Gasteiger charge is 2.27. The van der Waals surface area contributed by atoms with Gasteiger partial charge in [0.15, 0.2) is 5.82 Å². The zero-order valence-electron chi connectivity index (χ0n) is 14.1. The monoisotopic (exact) mass is 315 g/mol. The second-order valence-corrected chi connectivity index (χ2v) is 6.11. The maximum absolute atomic E-state index is 5.39. The van der Waals surface area contributed by atoms with Crippen LogP contribution in [0, 0.1) is 0 Å². The Morgan fingerprint density at radius 2 is 1.83 bits per heavy atom. The number of nitrogens with zero attached hydrogens (tertiary/aromatic N) is 5. The summed E-state index contributed by atoms with van der Waals surface area (Å²) in [7, 11) is 0. The quantitative estimate of drug-likeness (QED) is 0.845. The lowest BCUT2D eigenvalue weighted by Gasteiger charge is -2.39. The minimum absolute atomic E-state index is 0.179. The molecule has 0 aliphatic carbocycles. The van der Waals surface area contributed by atoms with E-state index in [0.29, 0.717) is 6.04 Å². The molecule has 0 N–H and O–H groups in total. The third-order valence-electron chi connectivity index (χ3n) is 4.77. The molecule has 2 atom stereocenters. The van der Waals surface area contributed by atoms with Gasteiger partial charge in [-0.15, -0.1) is 0 Å². The molecule has 0 radical (unpaired) electrons. The smallest absolute Gasteiger partial charge is 0.243 e. The van der Waals surface area contributed by atoms with Crippen molar-refractivity contribution in [3.8, 4) is 0 Å². The summed E-state index contributed by atoms with van der Waals surface area (Å²) in [5.41, 5.74) is 1.28. The summed E-state index contributed by atoms with van der Waals surface area (Å²) in [5.74, 6) is 1.52. The molecule has 124 valence electrons. The van der Waals surface area contributed by atoms with E-state index in [1.807, 2.05) is 25.4 Å². The van der Waals surface area contributed by atoms with E-state index in [1.165, 1.54) is 5.56 Å². The Kier molecular flexibility index (Phi) is 5.03. The fourth-order valence-electron chi connectivity index (χ4n) is 3.08. The summed E-state index contributed by atoms with van der Waals surface area (Å²) < 4.78 is 5.39. The first-order chi connectivity index (χ1) is 11.2. The topological polar surface area (TPSA) is 58.3 Å². The average molecular weight is 315 g/mol. The summed E-state index contributed by atoms with van der Waals surface area (Å²) >= 11 is 0. The number of aromatic nitrogens is 3. The van der Waals surface area contributed by atoms with Gasteiger partial charge in [-0.3, -0.25) is 14.8 Å². The van der Waals surface area contributed by atoms with Crippen LogP contribution in [0.4, 0.5) is 0 Å². The molecule has 6 nitrogen and oxygen atoms in total. The standard InChI is InChI=1S/C17H25N5O/c1-4-16-19-17(23-20-16)14(3)22-10-8-21(9-11-22)13(2)15-6-5-7-18-12-15/h5-7,12-14H,4,8-11H2,1-3H3. The van der Waals surface area contributed by atoms with Crippen molar-refractivity contribution in [3.63, 3.8) is 0 Å². The van der Waals surface area contributed by atoms with Gasteiger partial charge in [0.25, 0.3) is 0 Å². The van der Waals surface area contributed by atoms with Gasteiger partial charge in [-0.05, 0) is 25.5 Å². The first-order valence-corrected chi connectivity index (χ1v) is 8.39. The Morgan fingerprint density at radius 1 is 1.13 bits per heavy atom. The SMILES string of the molecule is CCc1noc(C(C)N2CCN(C(C)c3cccnc3)CC2)n1. The molecule has 0 spiro atoms. The molecule has 0 saturated carbocycles. The van der Waals surface area contributed by atoms with Crippen LogP contribution in [0.25, 0.3) is 0 Å². The van der Waals surface area contributed by atoms with Crippen LogP contribution < -0.4 is 0 Å². The number of rotatable bonds is 5. The molecule has 2 unspecified atom stereocenters. The number of pyridine rings is 1. The maximum atomic E-state index is 5.39. The second kappa shape index (κ2) is 7.19. The van der Waals surface area contributed by atoms with E-state index in [9.17, 15) is 0 Å². The molecule has 1 aliphatic rings. The zero-order valence-corrected chi connectivity index (χ0v) is 14.1. The summed E-state index contributed by atoms with van der Waals surface area (Å²) in [6.45, 7) is 10.5. The zero-order chi connectivity index (χ0) is 16.2. The molecule has 0 amide bonds. The van der Waals surface area contributed by atoms with Crippen molar-refractivity contribution in [2.45, 2.75) is 39.3 Å². The second-order valence-electron chi connectivity index (χ2n) is 6.11. The van der Waals surface area contributed by atoms with E-state index in [1.54, 1.807) is 0 Å². The Balaban J connectivity index is 1.57. The van der Waals surface area contributed by atoms with Gasteiger partial charge < -0.3 is 4.52 Å². The molecule has 0 bridgehead atoms. The van der Waals surface area contributed by atoms with Gasteiger partial charge in [0.05, 0.1) is 6.04 Å². The van der Waals surface area contributed by atoms with Gasteiger partial charge in [0.2, 0.25) is 5.89 Å². The molecule has 1 saturated heterocycles. The number of aryl methyl sites for hydroxylation is 1. The molecule has 2 aromatic heterocycles. The molecule has 23 heavy (non-hydrogen) atoms. The Morgan fingerprint density at radius 3 is 2.39 bits per heavy atom. The summed E-state index contributed by atoms with van der Waals surface area (Å²) in [5, 5.41) is 4.00. The van der Waals surface area contributed by atoms with Gasteiger partial charge in [-0.25, -0.2) is 0 Å². The van der Waals surface area contributed by atoms with Gasteiger partial charge in [-0.1, -0.05) is 18.1 Å². The molecule has 1 fully saturated rings. The molecule has 6 heteroatoms. The molecule has 2 aromatic rings. The average Bonchev–Trinajstić information content (AvgIpc) is 3.10. The lowest BCUT2D eigenvalue weighted by Crippen LogP contribution is -2.47. The lowest BCUT2D eigenvalue weighted by atomic mass is 10.1. The van der Waals surface area contributed by atoms with Crippen molar-refractivity contribution in [2.75, 3.05) is 26.2 Å². The highest BCUT2D eigenvalue weighted by Crippen LogP contribution is 2.24. The Labute approximate surface area is 137 Å². The summed E-state index contributed by atoms with van der Waals surface area (Å²) in [6.07, 6.45) is 4.60. The predicted octanol–water partition coefficient (Wildman–Crippen LogP) is 2.47. The van der Waals surface area contributed by atoms with E-state index >= 15 is 0 Å². The van der Waals surface area contributed by atoms with Crippen LogP contribution >= 0.6 is 0 Å². The van der Waals surface area contributed by atoms with Crippen molar-refractivity contribution in [2.24, 2.45) is 0 Å². The van der Waals surface area contributed by atoms with E-state index < -0.39 is 0 Å². The van der Waals surface area contributed by atoms with Crippen LogP contribution in [0.5, 0.6) is 0 Å². The van der Waals surface area contributed by atoms with Gasteiger partial charge in [0.1, 0.15) is 0 Å². The van der Waals surface area contributed by atoms with Gasteiger partial charge >= 0.3 is 0 Å². The third kappa shape index (κ3) is 3.59. The van der Waals surface area contributed by atoms with E-state index in [2.05, 4.69) is 44.8 Å². The highest BCUT2D eigenvalue weighted by atomic mass is 16.5. The fraction of sp³-hybridized carbons (Fsp3) is 0.588. The molecular weight excluding hydrogens is 290 g/mol. The largest absolute Gasteiger partial charge is 0.338 e. The van der Waals surface area contributed by atoms with Gasteiger partial charge in [-0.2, -0.15) is 4.98 Å². The number of piperazine rings is 1. The number of hydrogen-bond donors (Lipinski definition) is 0. The minimum Gasteiger partial charge on any atom is -0.338 e. The predicted molar refractivity (Wildman–Crippen MR) is 87.9 cm³/mol. The summed E-state index contributed by atoms with van der Waals surface area (Å²) in [6, 6.07) is 4.73. The normalized spacial score (nSPS) is 19.6. The molecule has 3 heterocycles. The van der Waals surface area contributed by atoms with E-state index in [0.717, 1.165) is 44.3 Å². The first-order valence-electron chi connectivity index (χ1n) is 8.39. The van der Waals surface area contributed by atoms with Crippen LogP contribution in [0.3, 0.4) is 0 Å². The van der Waals surface area contributed by atoms with Crippen molar-refractivity contribution in [1.29, 1.82) is 0 Å². The van der Waals surface area contributed by atoms with Crippen molar-refractivity contribution >= 4 is 0 Å². The highest BCUT2D eigenvalue weighted by molar-refractivity contribution is 5.13. The molecular formula is C17H25N5O. The number of hydrogen-bond acceptors (Lipinski definition) is 6. The third-order valence-corrected chi connectivity index (χ3v) is 4.77. The molecule has 1 aliphatic heterocycles. The van der Waals surface area contributed by atoms with E-state index in [-0.39, 0.29) is 6.04 Å². The van der Waals surface area contributed by atoms with Crippen LogP contribution in [0.1, 0.15) is 50.1 Å². The first kappa shape index (κ1) is 16.1. The van der Waals surface area contributed by atoms with Crippen LogP contribution in [0.15, 0.2) is 29.0 Å². The lowest BCUT2D eigenvalue weighted by molar-refractivity contribution is 0.0677. The minimum atomic E-state index is 0.179. The van der Waals surface area contributed by atoms with Crippen LogP contribution in [0.2, 0.25) is 0 Å². The summed E-state index contributed by atoms with van der Waals surface area (Å²) in [4.78, 5) is 13.6. The van der Waals surface area contributed by atoms with Crippen LogP contribution in [-0.4, -0.2) is 51.1 Å². The van der Waals surface area contributed by atoms with Gasteiger partial charge in [0, 0.05) is 51.0 Å². The fourth-order valence-corrected chi connectivity index (χ4v) is 3.08. The van der Waals surface area contributed by atoms with Crippen molar-refractivity contribution in [3.05, 3.63) is 41.8 Å². The molecule has 3 rings (SSSR count). The Hall–Kier alpha value is -1.79. The van der Waals surface area contributed by atoms with Crippen molar-refractivity contribution < 1.29 is 4.52 Å². The van der Waals surface area contributed by atoms with Crippen LogP contribution in [-0.2, 0) is 6.42 Å². The van der Waals surface area contributed by atoms with E-state index in [4.69, 9.17) is 4.52 Å². The Bertz CT molecular complexity index is 606.